The van der Waals surface area contributed by atoms with E-state index in [-0.39, 0.29) is 12.2 Å². The maximum absolute atomic E-state index is 12.7. The predicted molar refractivity (Wildman–Crippen MR) is 83.3 cm³/mol. The summed E-state index contributed by atoms with van der Waals surface area (Å²) in [5.74, 6) is 0. The first kappa shape index (κ1) is 11.0. The lowest BCUT2D eigenvalue weighted by molar-refractivity contribution is -0.0679. The van der Waals surface area contributed by atoms with Crippen molar-refractivity contribution in [3.05, 3.63) is 35.8 Å². The van der Waals surface area contributed by atoms with Crippen molar-refractivity contribution in [1.29, 1.82) is 0 Å². The number of nitrogens with zero attached hydrogens (tertiary/aromatic N) is 1. The SMILES string of the molecule is [2H]c1c([2H])c([2H])c([C@H](O)[C@H]2COC(C)(C)N2C(=O)OC(C)(C)C)c([2H])c1[2H]. The van der Waals surface area contributed by atoms with E-state index in [0.717, 1.165) is 0 Å². The Morgan fingerprint density at radius 2 is 2.05 bits per heavy atom. The highest BCUT2D eigenvalue weighted by Gasteiger charge is 2.48. The molecular weight excluding hydrogens is 282 g/mol. The molecule has 1 heterocycles. The van der Waals surface area contributed by atoms with E-state index in [4.69, 9.17) is 16.3 Å². The topological polar surface area (TPSA) is 59.0 Å². The Balaban J connectivity index is 2.49. The van der Waals surface area contributed by atoms with E-state index in [1.165, 1.54) is 4.90 Å². The van der Waals surface area contributed by atoms with Gasteiger partial charge in [0.25, 0.3) is 0 Å². The van der Waals surface area contributed by atoms with Crippen LogP contribution in [-0.4, -0.2) is 40.1 Å². The van der Waals surface area contributed by atoms with Gasteiger partial charge in [-0.3, -0.25) is 4.90 Å². The van der Waals surface area contributed by atoms with Crippen molar-refractivity contribution in [2.75, 3.05) is 6.61 Å². The average Bonchev–Trinajstić information content (AvgIpc) is 2.85. The summed E-state index contributed by atoms with van der Waals surface area (Å²) in [6.07, 6.45) is -2.27. The van der Waals surface area contributed by atoms with Crippen LogP contribution in [0.3, 0.4) is 0 Å². The maximum Gasteiger partial charge on any atom is 0.413 e. The molecular formula is C17H25NO4. The van der Waals surface area contributed by atoms with Crippen LogP contribution in [-0.2, 0) is 9.47 Å². The lowest BCUT2D eigenvalue weighted by atomic mass is 10.0. The number of benzene rings is 1. The number of hydrogen-bond acceptors (Lipinski definition) is 4. The Hall–Kier alpha value is -1.59. The summed E-state index contributed by atoms with van der Waals surface area (Å²) in [6, 6.07) is -3.64. The summed E-state index contributed by atoms with van der Waals surface area (Å²) in [4.78, 5) is 13.9. The normalized spacial score (nSPS) is 25.6. The fourth-order valence-corrected chi connectivity index (χ4v) is 2.33. The van der Waals surface area contributed by atoms with Crippen LogP contribution in [0.5, 0.6) is 0 Å². The maximum atomic E-state index is 12.7. The van der Waals surface area contributed by atoms with Crippen molar-refractivity contribution < 1.29 is 26.2 Å². The first-order valence-electron chi connectivity index (χ1n) is 9.60. The lowest BCUT2D eigenvalue weighted by Gasteiger charge is -2.36. The molecule has 1 N–H and O–H groups in total. The van der Waals surface area contributed by atoms with Gasteiger partial charge < -0.3 is 14.6 Å². The van der Waals surface area contributed by atoms with Crippen LogP contribution in [0.15, 0.2) is 30.2 Å². The highest BCUT2D eigenvalue weighted by molar-refractivity contribution is 5.70. The Morgan fingerprint density at radius 1 is 1.45 bits per heavy atom. The third kappa shape index (κ3) is 3.59. The summed E-state index contributed by atoms with van der Waals surface area (Å²) >= 11 is 0. The van der Waals surface area contributed by atoms with E-state index in [9.17, 15) is 9.90 Å². The average molecular weight is 312 g/mol. The number of hydrogen-bond donors (Lipinski definition) is 1. The van der Waals surface area contributed by atoms with E-state index in [1.807, 2.05) is 0 Å². The molecule has 0 aromatic heterocycles. The summed E-state index contributed by atoms with van der Waals surface area (Å²) in [5, 5.41) is 10.9. The highest BCUT2D eigenvalue weighted by atomic mass is 16.6. The molecule has 0 aliphatic carbocycles. The van der Waals surface area contributed by atoms with E-state index in [0.29, 0.717) is 0 Å². The van der Waals surface area contributed by atoms with Crippen LogP contribution in [0.25, 0.3) is 0 Å². The zero-order valence-electron chi connectivity index (χ0n) is 18.5. The molecule has 1 fully saturated rings. The third-order valence-electron chi connectivity index (χ3n) is 3.29. The summed E-state index contributed by atoms with van der Waals surface area (Å²) in [7, 11) is 0. The molecule has 122 valence electrons. The molecule has 22 heavy (non-hydrogen) atoms. The molecule has 0 bridgehead atoms. The number of rotatable bonds is 2. The van der Waals surface area contributed by atoms with Gasteiger partial charge >= 0.3 is 6.09 Å². The van der Waals surface area contributed by atoms with Crippen molar-refractivity contribution in [2.24, 2.45) is 0 Å². The molecule has 0 radical (unpaired) electrons. The van der Waals surface area contributed by atoms with Gasteiger partial charge in [-0.1, -0.05) is 30.2 Å². The molecule has 0 saturated carbocycles. The van der Waals surface area contributed by atoms with Crippen LogP contribution in [0, 0.1) is 0 Å². The molecule has 2 atom stereocenters. The van der Waals surface area contributed by atoms with Crippen LogP contribution in [0.1, 0.15) is 53.1 Å². The lowest BCUT2D eigenvalue weighted by Crippen LogP contribution is -2.51. The van der Waals surface area contributed by atoms with Gasteiger partial charge in [-0.15, -0.1) is 0 Å². The Morgan fingerprint density at radius 3 is 2.59 bits per heavy atom. The molecule has 1 saturated heterocycles. The molecule has 1 aromatic carbocycles. The summed E-state index contributed by atoms with van der Waals surface area (Å²) in [5.41, 5.74) is -2.15. The second-order valence-corrected chi connectivity index (χ2v) is 6.66. The number of carbonyl (C=O) groups is 1. The van der Waals surface area contributed by atoms with Gasteiger partial charge in [0, 0.05) is 0 Å². The van der Waals surface area contributed by atoms with Crippen LogP contribution in [0.2, 0.25) is 0 Å². The molecule has 5 nitrogen and oxygen atoms in total. The number of aliphatic hydroxyl groups excluding tert-OH is 1. The van der Waals surface area contributed by atoms with Crippen LogP contribution in [0.4, 0.5) is 4.79 Å². The zero-order chi connectivity index (χ0) is 20.9. The van der Waals surface area contributed by atoms with Crippen molar-refractivity contribution in [3.8, 4) is 0 Å². The molecule has 0 unspecified atom stereocenters. The minimum Gasteiger partial charge on any atom is -0.444 e. The van der Waals surface area contributed by atoms with Crippen molar-refractivity contribution >= 4 is 6.09 Å². The number of ether oxygens (including phenoxy) is 2. The predicted octanol–water partition coefficient (Wildman–Crippen LogP) is 3.09. The smallest absolute Gasteiger partial charge is 0.413 e. The zero-order valence-corrected chi connectivity index (χ0v) is 13.5. The fraction of sp³-hybridized carbons (Fsp3) is 0.588. The van der Waals surface area contributed by atoms with Crippen molar-refractivity contribution in [1.82, 2.24) is 4.90 Å². The highest BCUT2D eigenvalue weighted by Crippen LogP contribution is 2.35. The molecule has 5 heteroatoms. The van der Waals surface area contributed by atoms with Gasteiger partial charge in [0.1, 0.15) is 17.4 Å². The second kappa shape index (κ2) is 5.89. The standard InChI is InChI=1S/C17H25NO4/c1-16(2,3)22-15(20)18-13(11-21-17(18,4)5)14(19)12-9-7-6-8-10-12/h6-10,13-14,19H,11H2,1-5H3/t13-,14+/m1/s1/i6D,7D,8D,9D,10D. The molecule has 0 spiro atoms. The molecule has 1 aromatic rings. The van der Waals surface area contributed by atoms with Crippen LogP contribution < -0.4 is 0 Å². The second-order valence-electron chi connectivity index (χ2n) is 6.66. The monoisotopic (exact) mass is 312 g/mol. The minimum atomic E-state index is -1.55. The van der Waals surface area contributed by atoms with Gasteiger partial charge in [0.05, 0.1) is 19.5 Å². The largest absolute Gasteiger partial charge is 0.444 e. The first-order valence-corrected chi connectivity index (χ1v) is 7.10. The van der Waals surface area contributed by atoms with Gasteiger partial charge in [-0.2, -0.15) is 0 Å². The summed E-state index contributed by atoms with van der Waals surface area (Å²) < 4.78 is 50.3. The quantitative estimate of drug-likeness (QED) is 0.911. The van der Waals surface area contributed by atoms with Gasteiger partial charge in [-0.25, -0.2) is 4.79 Å². The van der Waals surface area contributed by atoms with Crippen LogP contribution >= 0.6 is 0 Å². The number of amides is 1. The van der Waals surface area contributed by atoms with Gasteiger partial charge in [-0.05, 0) is 40.2 Å². The number of carbonyl (C=O) groups excluding carboxylic acids is 1. The number of aliphatic hydroxyl groups is 1. The fourth-order valence-electron chi connectivity index (χ4n) is 2.33. The van der Waals surface area contributed by atoms with E-state index >= 15 is 0 Å². The first-order chi connectivity index (χ1) is 12.2. The molecule has 2 rings (SSSR count). The molecule has 1 amide bonds. The Labute approximate surface area is 138 Å². The molecule has 1 aliphatic rings. The minimum absolute atomic E-state index is 0.0738. The molecule has 1 aliphatic heterocycles. The Kier molecular flexibility index (Phi) is 2.95. The van der Waals surface area contributed by atoms with E-state index in [1.54, 1.807) is 34.6 Å². The summed E-state index contributed by atoms with van der Waals surface area (Å²) in [6.45, 7) is 8.30. The third-order valence-corrected chi connectivity index (χ3v) is 3.29. The van der Waals surface area contributed by atoms with Crippen molar-refractivity contribution in [3.63, 3.8) is 0 Å². The van der Waals surface area contributed by atoms with Gasteiger partial charge in [0.2, 0.25) is 0 Å². The van der Waals surface area contributed by atoms with Crippen molar-refractivity contribution in [2.45, 2.75) is 58.1 Å². The van der Waals surface area contributed by atoms with E-state index in [2.05, 4.69) is 0 Å². The van der Waals surface area contributed by atoms with E-state index < -0.39 is 59.8 Å². The van der Waals surface area contributed by atoms with Gasteiger partial charge in [0.15, 0.2) is 0 Å². The Bertz CT molecular complexity index is 734.